The van der Waals surface area contributed by atoms with Crippen molar-refractivity contribution in [3.8, 4) is 0 Å². The van der Waals surface area contributed by atoms with Gasteiger partial charge in [0, 0.05) is 12.7 Å². The first kappa shape index (κ1) is 14.1. The summed E-state index contributed by atoms with van der Waals surface area (Å²) in [6.07, 6.45) is 0. The Morgan fingerprint density at radius 3 is 2.00 bits per heavy atom. The van der Waals surface area contributed by atoms with E-state index in [-0.39, 0.29) is 5.56 Å². The maximum absolute atomic E-state index is 11.6. The minimum Gasteiger partial charge on any atom is -0.478 e. The zero-order valence-corrected chi connectivity index (χ0v) is 10.9. The van der Waals surface area contributed by atoms with Gasteiger partial charge >= 0.3 is 5.97 Å². The molecule has 0 aliphatic carbocycles. The molecular formula is C10H8Cl3NO3. The van der Waals surface area contributed by atoms with Crippen LogP contribution in [0, 0.1) is 0 Å². The molecule has 92 valence electrons. The van der Waals surface area contributed by atoms with E-state index in [4.69, 9.17) is 39.9 Å². The van der Waals surface area contributed by atoms with Crippen molar-refractivity contribution >= 4 is 52.4 Å². The summed E-state index contributed by atoms with van der Waals surface area (Å²) in [5.74, 6) is -1.77. The topological polar surface area (TPSA) is 57.6 Å². The number of amides is 1. The Hall–Kier alpha value is -0.970. The smallest absolute Gasteiger partial charge is 0.335 e. The monoisotopic (exact) mass is 295 g/mol. The van der Waals surface area contributed by atoms with E-state index in [1.54, 1.807) is 0 Å². The number of benzene rings is 1. The largest absolute Gasteiger partial charge is 0.478 e. The Balaban J connectivity index is 2.94. The van der Waals surface area contributed by atoms with Gasteiger partial charge in [-0.25, -0.2) is 4.79 Å². The lowest BCUT2D eigenvalue weighted by Gasteiger charge is -2.21. The fourth-order valence-corrected chi connectivity index (χ4v) is 1.52. The summed E-state index contributed by atoms with van der Waals surface area (Å²) in [5, 5.41) is 8.71. The molecule has 1 N–H and O–H groups in total. The van der Waals surface area contributed by atoms with Crippen LogP contribution in [0.2, 0.25) is 0 Å². The Morgan fingerprint density at radius 2 is 1.65 bits per heavy atom. The van der Waals surface area contributed by atoms with Crippen molar-refractivity contribution in [2.24, 2.45) is 0 Å². The van der Waals surface area contributed by atoms with Gasteiger partial charge in [-0.2, -0.15) is 0 Å². The van der Waals surface area contributed by atoms with E-state index in [9.17, 15) is 9.59 Å². The molecule has 0 aromatic heterocycles. The second kappa shape index (κ2) is 5.12. The maximum Gasteiger partial charge on any atom is 0.335 e. The molecule has 0 heterocycles. The third-order valence-corrected chi connectivity index (χ3v) is 2.53. The van der Waals surface area contributed by atoms with Gasteiger partial charge in [-0.3, -0.25) is 4.79 Å². The predicted molar refractivity (Wildman–Crippen MR) is 67.1 cm³/mol. The molecule has 0 saturated heterocycles. The molecule has 0 saturated carbocycles. The number of rotatable bonds is 2. The van der Waals surface area contributed by atoms with Crippen molar-refractivity contribution in [3.63, 3.8) is 0 Å². The van der Waals surface area contributed by atoms with Gasteiger partial charge in [0.25, 0.3) is 9.70 Å². The van der Waals surface area contributed by atoms with Crippen molar-refractivity contribution in [2.75, 3.05) is 11.9 Å². The van der Waals surface area contributed by atoms with Crippen LogP contribution in [0.4, 0.5) is 5.69 Å². The highest BCUT2D eigenvalue weighted by molar-refractivity contribution is 6.76. The second-order valence-electron chi connectivity index (χ2n) is 3.21. The molecule has 0 unspecified atom stereocenters. The van der Waals surface area contributed by atoms with Gasteiger partial charge in [0.05, 0.1) is 5.56 Å². The summed E-state index contributed by atoms with van der Waals surface area (Å²) in [6, 6.07) is 5.63. The average molecular weight is 297 g/mol. The first-order valence-electron chi connectivity index (χ1n) is 4.41. The zero-order valence-electron chi connectivity index (χ0n) is 8.65. The van der Waals surface area contributed by atoms with Crippen LogP contribution >= 0.6 is 34.8 Å². The zero-order chi connectivity index (χ0) is 13.2. The Labute approximate surface area is 113 Å². The third kappa shape index (κ3) is 3.49. The lowest BCUT2D eigenvalue weighted by atomic mass is 10.2. The van der Waals surface area contributed by atoms with Crippen LogP contribution in [-0.2, 0) is 4.79 Å². The summed E-state index contributed by atoms with van der Waals surface area (Å²) in [7, 11) is 1.43. The molecule has 7 heteroatoms. The van der Waals surface area contributed by atoms with Gasteiger partial charge in [0.15, 0.2) is 0 Å². The summed E-state index contributed by atoms with van der Waals surface area (Å²) in [6.45, 7) is 0. The summed E-state index contributed by atoms with van der Waals surface area (Å²) < 4.78 is -2.04. The number of hydrogen-bond acceptors (Lipinski definition) is 2. The normalized spacial score (nSPS) is 11.1. The number of carbonyl (C=O) groups is 2. The first-order chi connectivity index (χ1) is 7.73. The number of carboxylic acids is 1. The summed E-state index contributed by atoms with van der Waals surface area (Å²) >= 11 is 16.4. The standard InChI is InChI=1S/C10H8Cl3NO3/c1-14(9(17)10(11,12)13)7-4-2-6(3-5-7)8(15)16/h2-5H,1H3,(H,15,16). The van der Waals surface area contributed by atoms with Crippen molar-refractivity contribution in [1.82, 2.24) is 0 Å². The molecule has 0 radical (unpaired) electrons. The Morgan fingerprint density at radius 1 is 1.18 bits per heavy atom. The van der Waals surface area contributed by atoms with Gasteiger partial charge in [0.1, 0.15) is 0 Å². The first-order valence-corrected chi connectivity index (χ1v) is 5.55. The van der Waals surface area contributed by atoms with E-state index < -0.39 is 15.7 Å². The highest BCUT2D eigenvalue weighted by Crippen LogP contribution is 2.30. The van der Waals surface area contributed by atoms with Gasteiger partial charge in [-0.05, 0) is 24.3 Å². The molecule has 0 spiro atoms. The van der Waals surface area contributed by atoms with Crippen LogP contribution in [0.25, 0.3) is 0 Å². The Kier molecular flexibility index (Phi) is 4.25. The van der Waals surface area contributed by atoms with Gasteiger partial charge in [0.2, 0.25) is 0 Å². The second-order valence-corrected chi connectivity index (χ2v) is 5.50. The van der Waals surface area contributed by atoms with E-state index >= 15 is 0 Å². The number of halogens is 3. The Bertz CT molecular complexity index is 439. The van der Waals surface area contributed by atoms with Gasteiger partial charge in [-0.15, -0.1) is 0 Å². The van der Waals surface area contributed by atoms with E-state index in [2.05, 4.69) is 0 Å². The lowest BCUT2D eigenvalue weighted by molar-refractivity contribution is -0.117. The number of alkyl halides is 3. The lowest BCUT2D eigenvalue weighted by Crippen LogP contribution is -2.36. The average Bonchev–Trinajstić information content (AvgIpc) is 2.26. The van der Waals surface area contributed by atoms with Crippen LogP contribution in [0.5, 0.6) is 0 Å². The van der Waals surface area contributed by atoms with Crippen molar-refractivity contribution < 1.29 is 14.7 Å². The molecule has 0 fully saturated rings. The van der Waals surface area contributed by atoms with Crippen molar-refractivity contribution in [3.05, 3.63) is 29.8 Å². The number of carbonyl (C=O) groups excluding carboxylic acids is 1. The van der Waals surface area contributed by atoms with E-state index in [0.29, 0.717) is 5.69 Å². The van der Waals surface area contributed by atoms with Crippen LogP contribution in [0.3, 0.4) is 0 Å². The molecule has 1 aromatic carbocycles. The van der Waals surface area contributed by atoms with Crippen LogP contribution < -0.4 is 4.90 Å². The predicted octanol–water partition coefficient (Wildman–Crippen LogP) is 2.72. The quantitative estimate of drug-likeness (QED) is 0.854. The van der Waals surface area contributed by atoms with E-state index in [1.165, 1.54) is 31.3 Å². The molecule has 1 rings (SSSR count). The molecule has 0 atom stereocenters. The summed E-state index contributed by atoms with van der Waals surface area (Å²) in [5.41, 5.74) is 0.551. The molecule has 17 heavy (non-hydrogen) atoms. The van der Waals surface area contributed by atoms with Crippen LogP contribution in [-0.4, -0.2) is 27.8 Å². The highest BCUT2D eigenvalue weighted by Gasteiger charge is 2.34. The van der Waals surface area contributed by atoms with Crippen molar-refractivity contribution in [1.29, 1.82) is 0 Å². The van der Waals surface area contributed by atoms with Crippen molar-refractivity contribution in [2.45, 2.75) is 3.79 Å². The molecular weight excluding hydrogens is 288 g/mol. The van der Waals surface area contributed by atoms with E-state index in [1.807, 2.05) is 0 Å². The fraction of sp³-hybridized carbons (Fsp3) is 0.200. The molecule has 0 aliphatic heterocycles. The third-order valence-electron chi connectivity index (χ3n) is 2.05. The molecule has 1 amide bonds. The molecule has 0 aliphatic rings. The number of aromatic carboxylic acids is 1. The number of carboxylic acid groups (broad SMARTS) is 1. The maximum atomic E-state index is 11.6. The van der Waals surface area contributed by atoms with Crippen LogP contribution in [0.15, 0.2) is 24.3 Å². The molecule has 0 bridgehead atoms. The van der Waals surface area contributed by atoms with Gasteiger partial charge in [-0.1, -0.05) is 34.8 Å². The minimum absolute atomic E-state index is 0.114. The van der Waals surface area contributed by atoms with Crippen LogP contribution in [0.1, 0.15) is 10.4 Å². The molecule has 4 nitrogen and oxygen atoms in total. The number of nitrogens with zero attached hydrogens (tertiary/aromatic N) is 1. The number of hydrogen-bond donors (Lipinski definition) is 1. The minimum atomic E-state index is -2.04. The fourth-order valence-electron chi connectivity index (χ4n) is 1.14. The highest BCUT2D eigenvalue weighted by atomic mass is 35.6. The van der Waals surface area contributed by atoms with E-state index in [0.717, 1.165) is 4.90 Å². The SMILES string of the molecule is CN(C(=O)C(Cl)(Cl)Cl)c1ccc(C(=O)O)cc1. The summed E-state index contributed by atoms with van der Waals surface area (Å²) in [4.78, 5) is 23.4. The number of anilines is 1. The molecule has 1 aromatic rings. The van der Waals surface area contributed by atoms with Gasteiger partial charge < -0.3 is 10.0 Å².